The van der Waals surface area contributed by atoms with Crippen molar-refractivity contribution in [2.45, 2.75) is 12.1 Å². The summed E-state index contributed by atoms with van der Waals surface area (Å²) in [5.74, 6) is 0. The Balaban J connectivity index is 2.48. The van der Waals surface area contributed by atoms with Crippen molar-refractivity contribution >= 4 is 11.8 Å². The van der Waals surface area contributed by atoms with Gasteiger partial charge in [0, 0.05) is 5.56 Å². The summed E-state index contributed by atoms with van der Waals surface area (Å²) in [6.07, 6.45) is 1.84. The van der Waals surface area contributed by atoms with E-state index in [4.69, 9.17) is 0 Å². The second-order valence-corrected chi connectivity index (χ2v) is 4.17. The molecule has 1 aromatic carbocycles. The number of aromatic nitrogens is 3. The molecule has 0 aliphatic carbocycles. The lowest BCUT2D eigenvalue weighted by Gasteiger charge is -2.00. The molecule has 0 saturated carbocycles. The molecular formula is C11H11N3OS. The predicted molar refractivity (Wildman–Crippen MR) is 64.6 cm³/mol. The molecule has 0 aliphatic rings. The lowest BCUT2D eigenvalue weighted by molar-refractivity contribution is 0.826. The standard InChI is InChI=1S/C11H11N3OS/c1-7-3-5-8(6-4-7)9-10(15)12-11(16-2)14-13-9/h3-6H,1-2H3,(H,12,14,15). The molecule has 82 valence electrons. The van der Waals surface area contributed by atoms with E-state index in [9.17, 15) is 4.79 Å². The first-order valence-corrected chi connectivity index (χ1v) is 6.01. The molecule has 0 spiro atoms. The zero-order valence-corrected chi connectivity index (χ0v) is 9.84. The SMILES string of the molecule is CSc1nnc(-c2ccc(C)cc2)c(=O)[nH]1. The fourth-order valence-corrected chi connectivity index (χ4v) is 1.63. The molecular weight excluding hydrogens is 222 g/mol. The fourth-order valence-electron chi connectivity index (χ4n) is 1.31. The maximum Gasteiger partial charge on any atom is 0.278 e. The molecule has 0 bridgehead atoms. The maximum absolute atomic E-state index is 11.7. The minimum Gasteiger partial charge on any atom is -0.298 e. The highest BCUT2D eigenvalue weighted by atomic mass is 32.2. The van der Waals surface area contributed by atoms with Crippen LogP contribution in [0.1, 0.15) is 5.56 Å². The Hall–Kier alpha value is -1.62. The van der Waals surface area contributed by atoms with Gasteiger partial charge in [-0.25, -0.2) is 0 Å². The molecule has 2 rings (SSSR count). The number of hydrogen-bond acceptors (Lipinski definition) is 4. The van der Waals surface area contributed by atoms with Gasteiger partial charge in [-0.15, -0.1) is 10.2 Å². The van der Waals surface area contributed by atoms with E-state index in [0.29, 0.717) is 10.9 Å². The molecule has 0 fully saturated rings. The van der Waals surface area contributed by atoms with Crippen LogP contribution in [0.25, 0.3) is 11.3 Å². The van der Waals surface area contributed by atoms with Crippen LogP contribution in [0.5, 0.6) is 0 Å². The van der Waals surface area contributed by atoms with Crippen molar-refractivity contribution in [2.24, 2.45) is 0 Å². The minimum absolute atomic E-state index is 0.205. The van der Waals surface area contributed by atoms with Gasteiger partial charge in [0.2, 0.25) is 0 Å². The van der Waals surface area contributed by atoms with Crippen LogP contribution in [0.15, 0.2) is 34.2 Å². The van der Waals surface area contributed by atoms with Gasteiger partial charge >= 0.3 is 0 Å². The van der Waals surface area contributed by atoms with E-state index in [1.54, 1.807) is 0 Å². The van der Waals surface area contributed by atoms with Crippen molar-refractivity contribution in [3.63, 3.8) is 0 Å². The van der Waals surface area contributed by atoms with Crippen molar-refractivity contribution in [3.8, 4) is 11.3 Å². The van der Waals surface area contributed by atoms with E-state index in [2.05, 4.69) is 15.2 Å². The largest absolute Gasteiger partial charge is 0.298 e. The van der Waals surface area contributed by atoms with Gasteiger partial charge in [0.25, 0.3) is 5.56 Å². The summed E-state index contributed by atoms with van der Waals surface area (Å²) in [6, 6.07) is 7.62. The summed E-state index contributed by atoms with van der Waals surface area (Å²) in [6.45, 7) is 2.00. The molecule has 1 N–H and O–H groups in total. The molecule has 1 aromatic heterocycles. The number of nitrogens with one attached hydrogen (secondary N) is 1. The van der Waals surface area contributed by atoms with E-state index < -0.39 is 0 Å². The summed E-state index contributed by atoms with van der Waals surface area (Å²) in [7, 11) is 0. The molecule has 0 amide bonds. The van der Waals surface area contributed by atoms with Crippen molar-refractivity contribution in [1.82, 2.24) is 15.2 Å². The molecule has 16 heavy (non-hydrogen) atoms. The second kappa shape index (κ2) is 4.49. The van der Waals surface area contributed by atoms with Crippen LogP contribution in [-0.4, -0.2) is 21.4 Å². The van der Waals surface area contributed by atoms with Gasteiger partial charge in [0.15, 0.2) is 10.9 Å². The third-order valence-corrected chi connectivity index (χ3v) is 2.77. The third kappa shape index (κ3) is 2.14. The molecule has 0 atom stereocenters. The van der Waals surface area contributed by atoms with Crippen molar-refractivity contribution in [3.05, 3.63) is 40.2 Å². The van der Waals surface area contributed by atoms with Gasteiger partial charge in [-0.3, -0.25) is 9.78 Å². The zero-order valence-electron chi connectivity index (χ0n) is 9.02. The van der Waals surface area contributed by atoms with Gasteiger partial charge < -0.3 is 0 Å². The zero-order chi connectivity index (χ0) is 11.5. The van der Waals surface area contributed by atoms with Crippen LogP contribution in [0.2, 0.25) is 0 Å². The number of nitrogens with zero attached hydrogens (tertiary/aromatic N) is 2. The summed E-state index contributed by atoms with van der Waals surface area (Å²) in [5.41, 5.74) is 2.09. The molecule has 0 aliphatic heterocycles. The average Bonchev–Trinajstić information content (AvgIpc) is 2.30. The van der Waals surface area contributed by atoms with Crippen LogP contribution in [-0.2, 0) is 0 Å². The van der Waals surface area contributed by atoms with Gasteiger partial charge in [0.05, 0.1) is 0 Å². The number of benzene rings is 1. The number of aryl methyl sites for hydroxylation is 1. The first-order chi connectivity index (χ1) is 7.70. The number of H-pyrrole nitrogens is 1. The Morgan fingerprint density at radius 3 is 2.44 bits per heavy atom. The van der Waals surface area contributed by atoms with Gasteiger partial charge in [-0.1, -0.05) is 41.6 Å². The van der Waals surface area contributed by atoms with Crippen molar-refractivity contribution < 1.29 is 0 Å². The molecule has 2 aromatic rings. The van der Waals surface area contributed by atoms with Gasteiger partial charge in [-0.05, 0) is 13.2 Å². The summed E-state index contributed by atoms with van der Waals surface area (Å²) in [5, 5.41) is 8.38. The quantitative estimate of drug-likeness (QED) is 0.804. The van der Waals surface area contributed by atoms with Crippen LogP contribution >= 0.6 is 11.8 Å². The Labute approximate surface area is 97.1 Å². The number of hydrogen-bond donors (Lipinski definition) is 1. The van der Waals surface area contributed by atoms with E-state index >= 15 is 0 Å². The molecule has 0 radical (unpaired) electrons. The first kappa shape index (κ1) is 10.9. The first-order valence-electron chi connectivity index (χ1n) is 4.79. The Morgan fingerprint density at radius 2 is 1.88 bits per heavy atom. The lowest BCUT2D eigenvalue weighted by atomic mass is 10.1. The highest BCUT2D eigenvalue weighted by Gasteiger charge is 2.06. The maximum atomic E-state index is 11.7. The van der Waals surface area contributed by atoms with E-state index in [-0.39, 0.29) is 5.56 Å². The monoisotopic (exact) mass is 233 g/mol. The average molecular weight is 233 g/mol. The lowest BCUT2D eigenvalue weighted by Crippen LogP contribution is -2.13. The van der Waals surface area contributed by atoms with Crippen LogP contribution < -0.4 is 5.56 Å². The molecule has 0 unspecified atom stereocenters. The summed E-state index contributed by atoms with van der Waals surface area (Å²) in [4.78, 5) is 14.4. The highest BCUT2D eigenvalue weighted by Crippen LogP contribution is 2.13. The predicted octanol–water partition coefficient (Wildman–Crippen LogP) is 1.86. The van der Waals surface area contributed by atoms with Crippen molar-refractivity contribution in [1.29, 1.82) is 0 Å². The highest BCUT2D eigenvalue weighted by molar-refractivity contribution is 7.98. The van der Waals surface area contributed by atoms with Gasteiger partial charge in [0.1, 0.15) is 0 Å². The van der Waals surface area contributed by atoms with Crippen molar-refractivity contribution in [2.75, 3.05) is 6.26 Å². The summed E-state index contributed by atoms with van der Waals surface area (Å²) < 4.78 is 0. The Bertz CT molecular complexity index is 548. The molecule has 0 saturated heterocycles. The number of thioether (sulfide) groups is 1. The van der Waals surface area contributed by atoms with Crippen LogP contribution in [0.3, 0.4) is 0 Å². The van der Waals surface area contributed by atoms with Crippen LogP contribution in [0.4, 0.5) is 0 Å². The summed E-state index contributed by atoms with van der Waals surface area (Å²) >= 11 is 1.36. The minimum atomic E-state index is -0.205. The number of rotatable bonds is 2. The fraction of sp³-hybridized carbons (Fsp3) is 0.182. The molecule has 1 heterocycles. The third-order valence-electron chi connectivity index (χ3n) is 2.19. The Morgan fingerprint density at radius 1 is 1.19 bits per heavy atom. The molecule has 4 nitrogen and oxygen atoms in total. The van der Waals surface area contributed by atoms with Crippen LogP contribution in [0, 0.1) is 6.92 Å². The Kier molecular flexibility index (Phi) is 3.05. The van der Waals surface area contributed by atoms with Gasteiger partial charge in [-0.2, -0.15) is 0 Å². The van der Waals surface area contributed by atoms with E-state index in [1.807, 2.05) is 37.4 Å². The normalized spacial score (nSPS) is 10.4. The van der Waals surface area contributed by atoms with E-state index in [1.165, 1.54) is 11.8 Å². The second-order valence-electron chi connectivity index (χ2n) is 3.38. The molecule has 5 heteroatoms. The number of aromatic amines is 1. The van der Waals surface area contributed by atoms with E-state index in [0.717, 1.165) is 11.1 Å². The topological polar surface area (TPSA) is 58.6 Å². The smallest absolute Gasteiger partial charge is 0.278 e.